The maximum absolute atomic E-state index is 2.28. The van der Waals surface area contributed by atoms with Crippen LogP contribution in [0.1, 0.15) is 131 Å². The van der Waals surface area contributed by atoms with Gasteiger partial charge in [-0.15, -0.1) is 0 Å². The molecule has 0 aromatic rings. The lowest BCUT2D eigenvalue weighted by Crippen LogP contribution is -2.00. The van der Waals surface area contributed by atoms with E-state index >= 15 is 0 Å². The fraction of sp³-hybridized carbons (Fsp3) is 1.00. The van der Waals surface area contributed by atoms with Crippen LogP contribution in [0.3, 0.4) is 0 Å². The van der Waals surface area contributed by atoms with Crippen molar-refractivity contribution in [1.29, 1.82) is 0 Å². The Hall–Kier alpha value is 0.660. The molecule has 3 heteroatoms. The summed E-state index contributed by atoms with van der Waals surface area (Å²) in [4.78, 5) is 2.00. The van der Waals surface area contributed by atoms with E-state index in [1.165, 1.54) is 102 Å². The van der Waals surface area contributed by atoms with Gasteiger partial charge in [0.2, 0.25) is 0 Å². The summed E-state index contributed by atoms with van der Waals surface area (Å²) in [6.45, 7) is 10.8. The summed E-state index contributed by atoms with van der Waals surface area (Å²) in [5, 5.41) is 2.00. The van der Waals surface area contributed by atoms with Crippen LogP contribution in [-0.2, 0) is 0 Å². The van der Waals surface area contributed by atoms with Gasteiger partial charge in [0, 0.05) is 10.5 Å². The van der Waals surface area contributed by atoms with Crippen molar-refractivity contribution in [3.63, 3.8) is 0 Å². The zero-order chi connectivity index (χ0) is 23.5. The SMILES string of the molecule is CCC.CCC.CCCSC1CCCCCC1.CN(C)C.CSC1CCCCCC1. The lowest BCUT2D eigenvalue weighted by atomic mass is 10.2. The molecule has 0 aromatic heterocycles. The minimum Gasteiger partial charge on any atom is -0.312 e. The fourth-order valence-corrected chi connectivity index (χ4v) is 5.21. The number of hydrogen-bond donors (Lipinski definition) is 0. The number of hydrogen-bond acceptors (Lipinski definition) is 3. The molecule has 2 fully saturated rings. The van der Waals surface area contributed by atoms with Crippen molar-refractivity contribution in [2.75, 3.05) is 33.2 Å². The van der Waals surface area contributed by atoms with Crippen LogP contribution in [0.15, 0.2) is 0 Å². The highest BCUT2D eigenvalue weighted by Gasteiger charge is 2.11. The summed E-state index contributed by atoms with van der Waals surface area (Å²) in [6, 6.07) is 0. The standard InChI is InChI=1S/C10H20S.C8H16S.C3H9N.2C3H8/c1-2-9-11-10-7-5-3-4-6-8-10;1-9-8-6-4-2-3-5-7-8;1-4(2)3;2*1-3-2/h10H,2-9H2,1H3;8H,2-7H2,1H3;1-3H3;2*3H2,1-2H3. The third-order valence-electron chi connectivity index (χ3n) is 4.50. The Labute approximate surface area is 202 Å². The summed E-state index contributed by atoms with van der Waals surface area (Å²) in [6.07, 6.45) is 23.9. The molecule has 2 aliphatic carbocycles. The van der Waals surface area contributed by atoms with E-state index in [4.69, 9.17) is 0 Å². The molecular weight excluding hydrogens is 402 g/mol. The molecule has 0 spiro atoms. The van der Waals surface area contributed by atoms with Crippen molar-refractivity contribution in [3.8, 4) is 0 Å². The van der Waals surface area contributed by atoms with Crippen molar-refractivity contribution in [1.82, 2.24) is 4.90 Å². The van der Waals surface area contributed by atoms with Crippen molar-refractivity contribution >= 4 is 23.5 Å². The minimum absolute atomic E-state index is 0.993. The van der Waals surface area contributed by atoms with Crippen LogP contribution < -0.4 is 0 Å². The molecule has 0 heterocycles. The lowest BCUT2D eigenvalue weighted by Gasteiger charge is -2.11. The first kappa shape index (κ1) is 35.3. The molecule has 0 N–H and O–H groups in total. The Balaban J connectivity index is -0.000000343. The Morgan fingerprint density at radius 1 is 0.600 bits per heavy atom. The molecule has 30 heavy (non-hydrogen) atoms. The molecule has 0 atom stereocenters. The van der Waals surface area contributed by atoms with Gasteiger partial charge in [-0.1, -0.05) is 98.8 Å². The molecule has 0 unspecified atom stereocenters. The van der Waals surface area contributed by atoms with Gasteiger partial charge in [-0.05, 0) is 65.3 Å². The molecular formula is C27H61NS2. The lowest BCUT2D eigenvalue weighted by molar-refractivity contribution is 0.505. The van der Waals surface area contributed by atoms with Gasteiger partial charge in [-0.25, -0.2) is 0 Å². The smallest absolute Gasteiger partial charge is 0.00470 e. The monoisotopic (exact) mass is 463 g/mol. The van der Waals surface area contributed by atoms with E-state index in [2.05, 4.69) is 64.4 Å². The molecule has 2 saturated carbocycles. The van der Waals surface area contributed by atoms with Gasteiger partial charge in [0.1, 0.15) is 0 Å². The second kappa shape index (κ2) is 31.8. The molecule has 1 nitrogen and oxygen atoms in total. The van der Waals surface area contributed by atoms with Crippen molar-refractivity contribution in [2.45, 2.75) is 141 Å². The number of rotatable bonds is 4. The first-order valence-electron chi connectivity index (χ1n) is 13.2. The van der Waals surface area contributed by atoms with E-state index in [1.807, 2.05) is 26.0 Å². The minimum atomic E-state index is 0.993. The summed E-state index contributed by atoms with van der Waals surface area (Å²) < 4.78 is 0. The summed E-state index contributed by atoms with van der Waals surface area (Å²) in [7, 11) is 6.00. The molecule has 0 aromatic carbocycles. The quantitative estimate of drug-likeness (QED) is 0.382. The normalized spacial score (nSPS) is 17.4. The average molecular weight is 464 g/mol. The maximum Gasteiger partial charge on any atom is 0.00470 e. The average Bonchev–Trinajstić information content (AvgIpc) is 3.12. The predicted molar refractivity (Wildman–Crippen MR) is 151 cm³/mol. The Bertz CT molecular complexity index is 251. The second-order valence-corrected chi connectivity index (χ2v) is 11.6. The van der Waals surface area contributed by atoms with Crippen LogP contribution in [0.2, 0.25) is 0 Å². The third-order valence-corrected chi connectivity index (χ3v) is 7.22. The van der Waals surface area contributed by atoms with Gasteiger partial charge in [-0.2, -0.15) is 23.5 Å². The van der Waals surface area contributed by atoms with Crippen LogP contribution >= 0.6 is 23.5 Å². The predicted octanol–water partition coefficient (Wildman–Crippen LogP) is 9.93. The van der Waals surface area contributed by atoms with Crippen LogP contribution in [0.4, 0.5) is 0 Å². The summed E-state index contributed by atoms with van der Waals surface area (Å²) in [5.74, 6) is 1.38. The molecule has 0 radical (unpaired) electrons. The van der Waals surface area contributed by atoms with Crippen LogP contribution in [-0.4, -0.2) is 48.6 Å². The van der Waals surface area contributed by atoms with Crippen LogP contribution in [0.5, 0.6) is 0 Å². The largest absolute Gasteiger partial charge is 0.312 e. The zero-order valence-corrected chi connectivity index (χ0v) is 24.4. The van der Waals surface area contributed by atoms with Gasteiger partial charge < -0.3 is 4.90 Å². The molecule has 186 valence electrons. The zero-order valence-electron chi connectivity index (χ0n) is 22.7. The van der Waals surface area contributed by atoms with Gasteiger partial charge in [0.05, 0.1) is 0 Å². The molecule has 0 amide bonds. The maximum atomic E-state index is 2.28. The highest BCUT2D eigenvalue weighted by molar-refractivity contribution is 7.99. The molecule has 2 rings (SSSR count). The Morgan fingerprint density at radius 3 is 1.17 bits per heavy atom. The highest BCUT2D eigenvalue weighted by Crippen LogP contribution is 2.27. The van der Waals surface area contributed by atoms with Gasteiger partial charge in [-0.3, -0.25) is 0 Å². The molecule has 0 saturated heterocycles. The van der Waals surface area contributed by atoms with E-state index in [-0.39, 0.29) is 0 Å². The van der Waals surface area contributed by atoms with Crippen LogP contribution in [0, 0.1) is 0 Å². The number of nitrogens with zero attached hydrogens (tertiary/aromatic N) is 1. The number of thioether (sulfide) groups is 2. The first-order valence-corrected chi connectivity index (χ1v) is 15.5. The molecule has 0 aliphatic heterocycles. The van der Waals surface area contributed by atoms with Crippen molar-refractivity contribution in [2.24, 2.45) is 0 Å². The Kier molecular flexibility index (Phi) is 37.4. The Morgan fingerprint density at radius 2 is 0.900 bits per heavy atom. The van der Waals surface area contributed by atoms with Crippen molar-refractivity contribution in [3.05, 3.63) is 0 Å². The van der Waals surface area contributed by atoms with E-state index in [0.717, 1.165) is 10.5 Å². The third kappa shape index (κ3) is 36.1. The second-order valence-electron chi connectivity index (χ2n) is 9.09. The molecule has 2 aliphatic rings. The van der Waals surface area contributed by atoms with E-state index in [9.17, 15) is 0 Å². The van der Waals surface area contributed by atoms with Gasteiger partial charge in [0.15, 0.2) is 0 Å². The van der Waals surface area contributed by atoms with Gasteiger partial charge >= 0.3 is 0 Å². The molecule has 0 bridgehead atoms. The fourth-order valence-electron chi connectivity index (χ4n) is 3.17. The van der Waals surface area contributed by atoms with E-state index in [1.54, 1.807) is 0 Å². The van der Waals surface area contributed by atoms with Gasteiger partial charge in [0.25, 0.3) is 0 Å². The summed E-state index contributed by atoms with van der Waals surface area (Å²) >= 11 is 4.27. The van der Waals surface area contributed by atoms with Crippen molar-refractivity contribution < 1.29 is 0 Å². The van der Waals surface area contributed by atoms with E-state index in [0.29, 0.717) is 0 Å². The summed E-state index contributed by atoms with van der Waals surface area (Å²) in [5.41, 5.74) is 0. The van der Waals surface area contributed by atoms with Crippen LogP contribution in [0.25, 0.3) is 0 Å². The topological polar surface area (TPSA) is 3.24 Å². The first-order chi connectivity index (χ1) is 14.4. The highest BCUT2D eigenvalue weighted by atomic mass is 32.2. The van der Waals surface area contributed by atoms with E-state index < -0.39 is 0 Å².